The van der Waals surface area contributed by atoms with Crippen LogP contribution < -0.4 is 4.74 Å². The molecule has 2 aromatic rings. The fraction of sp³-hybridized carbons (Fsp3) is 0.312. The molecule has 0 spiro atoms. The number of benzene rings is 1. The SMILES string of the molecule is N#Cc1ccc(OCCCc2[nH]ccc2CCO)cc1. The minimum atomic E-state index is 0.173. The van der Waals surface area contributed by atoms with Gasteiger partial charge in [0.05, 0.1) is 18.2 Å². The maximum atomic E-state index is 8.96. The molecule has 0 radical (unpaired) electrons. The highest BCUT2D eigenvalue weighted by atomic mass is 16.5. The molecular formula is C16H18N2O2. The first kappa shape index (κ1) is 14.2. The van der Waals surface area contributed by atoms with Gasteiger partial charge in [-0.1, -0.05) is 0 Å². The van der Waals surface area contributed by atoms with Gasteiger partial charge in [-0.15, -0.1) is 0 Å². The average Bonchev–Trinajstić information content (AvgIpc) is 2.92. The van der Waals surface area contributed by atoms with E-state index in [1.807, 2.05) is 24.4 Å². The fourth-order valence-electron chi connectivity index (χ4n) is 2.09. The second-order valence-corrected chi connectivity index (χ2v) is 4.54. The first-order valence-electron chi connectivity index (χ1n) is 6.72. The molecule has 1 aromatic heterocycles. The lowest BCUT2D eigenvalue weighted by Gasteiger charge is -2.06. The monoisotopic (exact) mass is 270 g/mol. The summed E-state index contributed by atoms with van der Waals surface area (Å²) < 4.78 is 5.63. The van der Waals surface area contributed by atoms with Gasteiger partial charge in [-0.25, -0.2) is 0 Å². The van der Waals surface area contributed by atoms with Crippen molar-refractivity contribution < 1.29 is 9.84 Å². The van der Waals surface area contributed by atoms with Crippen LogP contribution in [0, 0.1) is 11.3 Å². The molecule has 0 fully saturated rings. The lowest BCUT2D eigenvalue weighted by atomic mass is 10.1. The third-order valence-corrected chi connectivity index (χ3v) is 3.13. The zero-order valence-corrected chi connectivity index (χ0v) is 11.3. The molecule has 2 rings (SSSR count). The van der Waals surface area contributed by atoms with Gasteiger partial charge in [0.1, 0.15) is 5.75 Å². The number of nitrogens with zero attached hydrogens (tertiary/aromatic N) is 1. The smallest absolute Gasteiger partial charge is 0.119 e. The minimum absolute atomic E-state index is 0.173. The van der Waals surface area contributed by atoms with Crippen molar-refractivity contribution in [1.82, 2.24) is 4.98 Å². The number of nitrogens with one attached hydrogen (secondary N) is 1. The summed E-state index contributed by atoms with van der Waals surface area (Å²) in [5, 5.41) is 17.7. The van der Waals surface area contributed by atoms with Crippen LogP contribution in [0.15, 0.2) is 36.5 Å². The number of ether oxygens (including phenoxy) is 1. The Bertz CT molecular complexity index is 567. The van der Waals surface area contributed by atoms with Crippen molar-refractivity contribution >= 4 is 0 Å². The zero-order valence-electron chi connectivity index (χ0n) is 11.3. The van der Waals surface area contributed by atoms with Crippen molar-refractivity contribution in [2.75, 3.05) is 13.2 Å². The molecule has 0 aliphatic carbocycles. The van der Waals surface area contributed by atoms with Crippen LogP contribution in [0.2, 0.25) is 0 Å². The average molecular weight is 270 g/mol. The molecule has 1 aromatic carbocycles. The second kappa shape index (κ2) is 7.37. The summed E-state index contributed by atoms with van der Waals surface area (Å²) in [4.78, 5) is 3.20. The number of aryl methyl sites for hydroxylation is 1. The Hall–Kier alpha value is -2.25. The molecule has 0 atom stereocenters. The Morgan fingerprint density at radius 3 is 2.65 bits per heavy atom. The third kappa shape index (κ3) is 3.87. The number of hydrogen-bond donors (Lipinski definition) is 2. The van der Waals surface area contributed by atoms with Crippen LogP contribution in [0.3, 0.4) is 0 Å². The second-order valence-electron chi connectivity index (χ2n) is 4.54. The fourth-order valence-corrected chi connectivity index (χ4v) is 2.09. The van der Waals surface area contributed by atoms with Gasteiger partial charge in [-0.05, 0) is 55.2 Å². The summed E-state index contributed by atoms with van der Waals surface area (Å²) >= 11 is 0. The quantitative estimate of drug-likeness (QED) is 0.759. The van der Waals surface area contributed by atoms with Gasteiger partial charge in [0, 0.05) is 18.5 Å². The van der Waals surface area contributed by atoms with E-state index in [0.29, 0.717) is 18.6 Å². The molecule has 104 valence electrons. The minimum Gasteiger partial charge on any atom is -0.494 e. The summed E-state index contributed by atoms with van der Waals surface area (Å²) in [5.41, 5.74) is 2.98. The maximum absolute atomic E-state index is 8.96. The number of aromatic nitrogens is 1. The maximum Gasteiger partial charge on any atom is 0.119 e. The Morgan fingerprint density at radius 2 is 1.95 bits per heavy atom. The van der Waals surface area contributed by atoms with Crippen LogP contribution in [-0.4, -0.2) is 23.3 Å². The number of nitriles is 1. The summed E-state index contributed by atoms with van der Waals surface area (Å²) in [5.74, 6) is 0.783. The molecule has 0 amide bonds. The van der Waals surface area contributed by atoms with Crippen molar-refractivity contribution in [3.63, 3.8) is 0 Å². The van der Waals surface area contributed by atoms with Gasteiger partial charge in [0.15, 0.2) is 0 Å². The first-order valence-corrected chi connectivity index (χ1v) is 6.72. The molecule has 0 aliphatic heterocycles. The lowest BCUT2D eigenvalue weighted by molar-refractivity contribution is 0.298. The van der Waals surface area contributed by atoms with Crippen LogP contribution in [0.5, 0.6) is 5.75 Å². The van der Waals surface area contributed by atoms with Gasteiger partial charge in [0.25, 0.3) is 0 Å². The number of hydrogen-bond acceptors (Lipinski definition) is 3. The van der Waals surface area contributed by atoms with Crippen LogP contribution in [0.25, 0.3) is 0 Å². The number of H-pyrrole nitrogens is 1. The molecule has 4 nitrogen and oxygen atoms in total. The standard InChI is InChI=1S/C16H18N2O2/c17-12-13-3-5-15(6-4-13)20-11-1-2-16-14(8-10-19)7-9-18-16/h3-7,9,18-19H,1-2,8,10-11H2. The number of aromatic amines is 1. The highest BCUT2D eigenvalue weighted by Gasteiger charge is 2.03. The Balaban J connectivity index is 1.75. The normalized spacial score (nSPS) is 10.2. The predicted molar refractivity (Wildman–Crippen MR) is 76.6 cm³/mol. The zero-order chi connectivity index (χ0) is 14.2. The molecule has 0 unspecified atom stereocenters. The van der Waals surface area contributed by atoms with Gasteiger partial charge < -0.3 is 14.8 Å². The van der Waals surface area contributed by atoms with Crippen LogP contribution >= 0.6 is 0 Å². The van der Waals surface area contributed by atoms with E-state index in [0.717, 1.165) is 18.6 Å². The largest absolute Gasteiger partial charge is 0.494 e. The third-order valence-electron chi connectivity index (χ3n) is 3.13. The molecule has 20 heavy (non-hydrogen) atoms. The van der Waals surface area contributed by atoms with E-state index >= 15 is 0 Å². The molecule has 0 saturated heterocycles. The Labute approximate surface area is 118 Å². The van der Waals surface area contributed by atoms with E-state index in [2.05, 4.69) is 11.1 Å². The van der Waals surface area contributed by atoms with Gasteiger partial charge >= 0.3 is 0 Å². The van der Waals surface area contributed by atoms with Crippen molar-refractivity contribution in [2.24, 2.45) is 0 Å². The van der Waals surface area contributed by atoms with Crippen LogP contribution in [0.4, 0.5) is 0 Å². The summed E-state index contributed by atoms with van der Waals surface area (Å²) in [6.07, 6.45) is 4.40. The molecular weight excluding hydrogens is 252 g/mol. The summed E-state index contributed by atoms with van der Waals surface area (Å²) in [6, 6.07) is 11.2. The summed E-state index contributed by atoms with van der Waals surface area (Å²) in [6.45, 7) is 0.802. The molecule has 0 bridgehead atoms. The van der Waals surface area contributed by atoms with E-state index < -0.39 is 0 Å². The number of aliphatic hydroxyl groups is 1. The van der Waals surface area contributed by atoms with Crippen molar-refractivity contribution in [3.05, 3.63) is 53.3 Å². The Kier molecular flexibility index (Phi) is 5.22. The van der Waals surface area contributed by atoms with Gasteiger partial charge in [-0.3, -0.25) is 0 Å². The van der Waals surface area contributed by atoms with E-state index in [1.165, 1.54) is 11.3 Å². The van der Waals surface area contributed by atoms with Crippen LogP contribution in [0.1, 0.15) is 23.2 Å². The van der Waals surface area contributed by atoms with Gasteiger partial charge in [0.2, 0.25) is 0 Å². The summed E-state index contributed by atoms with van der Waals surface area (Å²) in [7, 11) is 0. The molecule has 0 saturated carbocycles. The van der Waals surface area contributed by atoms with E-state index in [1.54, 1.807) is 12.1 Å². The lowest BCUT2D eigenvalue weighted by Crippen LogP contribution is -2.02. The Morgan fingerprint density at radius 1 is 1.15 bits per heavy atom. The number of rotatable bonds is 7. The number of aliphatic hydroxyl groups excluding tert-OH is 1. The van der Waals surface area contributed by atoms with E-state index in [-0.39, 0.29) is 6.61 Å². The predicted octanol–water partition coefficient (Wildman–Crippen LogP) is 2.43. The highest BCUT2D eigenvalue weighted by Crippen LogP contribution is 2.13. The van der Waals surface area contributed by atoms with Crippen molar-refractivity contribution in [1.29, 1.82) is 5.26 Å². The van der Waals surface area contributed by atoms with E-state index in [4.69, 9.17) is 15.1 Å². The van der Waals surface area contributed by atoms with Crippen molar-refractivity contribution in [2.45, 2.75) is 19.3 Å². The molecule has 0 aliphatic rings. The molecule has 1 heterocycles. The molecule has 4 heteroatoms. The van der Waals surface area contributed by atoms with Crippen molar-refractivity contribution in [3.8, 4) is 11.8 Å². The highest BCUT2D eigenvalue weighted by molar-refractivity contribution is 5.34. The first-order chi connectivity index (χ1) is 9.83. The van der Waals surface area contributed by atoms with Crippen LogP contribution in [-0.2, 0) is 12.8 Å². The van der Waals surface area contributed by atoms with Gasteiger partial charge in [-0.2, -0.15) is 5.26 Å². The topological polar surface area (TPSA) is 69.0 Å². The van der Waals surface area contributed by atoms with E-state index in [9.17, 15) is 0 Å². The molecule has 2 N–H and O–H groups in total.